The quantitative estimate of drug-likeness (QED) is 0.0672. The summed E-state index contributed by atoms with van der Waals surface area (Å²) in [5.74, 6) is 0.432. The Bertz CT molecular complexity index is 3500. The Morgan fingerprint density at radius 2 is 1.29 bits per heavy atom. The van der Waals surface area contributed by atoms with E-state index in [4.69, 9.17) is 0 Å². The average Bonchev–Trinajstić information content (AvgIpc) is 4.44. The van der Waals surface area contributed by atoms with E-state index in [1.807, 2.05) is 46.6 Å². The van der Waals surface area contributed by atoms with Gasteiger partial charge in [0.15, 0.2) is 12.6 Å². The Hall–Kier alpha value is -5.35. The van der Waals surface area contributed by atoms with E-state index in [0.29, 0.717) is 11.2 Å². The Balaban J connectivity index is 0.938. The SMILES string of the molecule is CCCCC1(CCCC)c2ccccc2-c2ccc(N(C3=CC=C4c5ccccc5C(CCC)(CCCC)C4C3)C3C=CC(c4cc(C5=CCC(c6ccc(C=O)s6)S5)c(-c5ccc(-c6ccc(C=O)s6)s5)s4)=CC3)cc21. The summed E-state index contributed by atoms with van der Waals surface area (Å²) in [7, 11) is 0. The molecule has 4 unspecified atom stereocenters. The van der Waals surface area contributed by atoms with E-state index in [1.165, 1.54) is 150 Å². The zero-order valence-electron chi connectivity index (χ0n) is 44.9. The minimum Gasteiger partial charge on any atom is -0.338 e. The number of hydrogen-bond acceptors (Lipinski definition) is 8. The van der Waals surface area contributed by atoms with Gasteiger partial charge in [0.25, 0.3) is 0 Å². The maximum absolute atomic E-state index is 11.7. The number of carbonyl (C=O) groups is 2. The van der Waals surface area contributed by atoms with Gasteiger partial charge in [-0.05, 0) is 156 Å². The molecule has 77 heavy (non-hydrogen) atoms. The smallest absolute Gasteiger partial charge is 0.160 e. The van der Waals surface area contributed by atoms with Crippen molar-refractivity contribution in [2.45, 2.75) is 140 Å². The zero-order valence-corrected chi connectivity index (χ0v) is 49.0. The molecular weight excluding hydrogens is 1040 g/mol. The number of thioether (sulfide) groups is 1. The third-order valence-electron chi connectivity index (χ3n) is 17.5. The molecule has 7 aromatic rings. The van der Waals surface area contributed by atoms with E-state index in [2.05, 4.69) is 166 Å². The van der Waals surface area contributed by atoms with Crippen LogP contribution in [0.1, 0.15) is 180 Å². The number of carbonyl (C=O) groups excluding carboxylic acids is 2. The molecule has 4 aliphatic carbocycles. The summed E-state index contributed by atoms with van der Waals surface area (Å²) in [5, 5.41) is 0.293. The number of thiophene rings is 4. The number of hydrogen-bond donors (Lipinski definition) is 0. The zero-order chi connectivity index (χ0) is 52.7. The maximum atomic E-state index is 11.7. The number of rotatable bonds is 21. The lowest BCUT2D eigenvalue weighted by Gasteiger charge is -2.43. The molecule has 0 bridgehead atoms. The highest BCUT2D eigenvalue weighted by Crippen LogP contribution is 2.61. The molecule has 0 saturated heterocycles. The molecule has 392 valence electrons. The van der Waals surface area contributed by atoms with E-state index in [9.17, 15) is 9.59 Å². The lowest BCUT2D eigenvalue weighted by Crippen LogP contribution is -2.39. The van der Waals surface area contributed by atoms with Crippen LogP contribution in [0.15, 0.2) is 151 Å². The van der Waals surface area contributed by atoms with Crippen molar-refractivity contribution in [1.82, 2.24) is 0 Å². The highest BCUT2D eigenvalue weighted by Gasteiger charge is 2.50. The molecule has 0 fully saturated rings. The van der Waals surface area contributed by atoms with Crippen LogP contribution in [-0.2, 0) is 10.8 Å². The molecule has 5 heterocycles. The molecule has 0 N–H and O–H groups in total. The first-order valence-electron chi connectivity index (χ1n) is 28.5. The fourth-order valence-corrected chi connectivity index (χ4v) is 19.5. The van der Waals surface area contributed by atoms with Crippen molar-refractivity contribution in [2.75, 3.05) is 4.90 Å². The normalized spacial score (nSPS) is 20.7. The number of anilines is 1. The van der Waals surface area contributed by atoms with Gasteiger partial charge in [-0.3, -0.25) is 9.59 Å². The summed E-state index contributed by atoms with van der Waals surface area (Å²) in [6.45, 7) is 9.48. The van der Waals surface area contributed by atoms with E-state index in [1.54, 1.807) is 33.8 Å². The molecule has 0 radical (unpaired) electrons. The van der Waals surface area contributed by atoms with Gasteiger partial charge in [-0.2, -0.15) is 0 Å². The summed E-state index contributed by atoms with van der Waals surface area (Å²) in [6.07, 6.45) is 33.0. The second-order valence-corrected chi connectivity index (χ2v) is 27.6. The standard InChI is InChI=1S/C69H69NO2S5/c1-5-9-37-68(36-8-4)56-18-14-12-16-51(56)53-28-24-47(40-58(53)68)70(48-25-29-54-52-17-13-15-19-57(52)69(38-10-6-2,39-11-7-3)59(54)41-48)46-22-20-45(21-23-46)66-42-55(60-32-33-63(75-60)61-30-26-49(43-71)73-61)67(77-66)65-35-34-64(76-65)62-31-27-50(44-72)74-62/h12-22,24-32,34-35,41-44,46,58,63H,5-11,23,33,36-40H2,1-4H3. The van der Waals surface area contributed by atoms with Gasteiger partial charge in [0.2, 0.25) is 0 Å². The first-order valence-corrected chi connectivity index (χ1v) is 32.6. The lowest BCUT2D eigenvalue weighted by atomic mass is 9.65. The third kappa shape index (κ3) is 9.46. The molecule has 3 nitrogen and oxygen atoms in total. The van der Waals surface area contributed by atoms with E-state index in [0.717, 1.165) is 46.5 Å². The van der Waals surface area contributed by atoms with Crippen molar-refractivity contribution >= 4 is 91.4 Å². The largest absolute Gasteiger partial charge is 0.338 e. The van der Waals surface area contributed by atoms with Crippen LogP contribution in [0.5, 0.6) is 0 Å². The number of unbranched alkanes of at least 4 members (excludes halogenated alkanes) is 3. The molecule has 5 aliphatic rings. The number of fused-ring (bicyclic) bond motifs is 6. The highest BCUT2D eigenvalue weighted by atomic mass is 32.2. The van der Waals surface area contributed by atoms with Crippen LogP contribution in [0, 0.1) is 5.92 Å². The van der Waals surface area contributed by atoms with Crippen molar-refractivity contribution in [3.05, 3.63) is 199 Å². The van der Waals surface area contributed by atoms with Crippen LogP contribution >= 0.6 is 57.1 Å². The van der Waals surface area contributed by atoms with Gasteiger partial charge in [0.1, 0.15) is 0 Å². The first kappa shape index (κ1) is 52.4. The first-order chi connectivity index (χ1) is 37.8. The van der Waals surface area contributed by atoms with E-state index < -0.39 is 0 Å². The van der Waals surface area contributed by atoms with Crippen LogP contribution in [0.25, 0.3) is 46.7 Å². The van der Waals surface area contributed by atoms with Crippen molar-refractivity contribution in [3.63, 3.8) is 0 Å². The maximum Gasteiger partial charge on any atom is 0.160 e. The second-order valence-electron chi connectivity index (χ2n) is 22.0. The van der Waals surface area contributed by atoms with Gasteiger partial charge in [0, 0.05) is 62.3 Å². The lowest BCUT2D eigenvalue weighted by molar-refractivity contribution is 0.111. The Kier molecular flexibility index (Phi) is 15.2. The van der Waals surface area contributed by atoms with Gasteiger partial charge in [-0.1, -0.05) is 158 Å². The predicted molar refractivity (Wildman–Crippen MR) is 335 cm³/mol. The molecule has 0 spiro atoms. The van der Waals surface area contributed by atoms with Crippen molar-refractivity contribution < 1.29 is 9.59 Å². The summed E-state index contributed by atoms with van der Waals surface area (Å²) < 4.78 is 0. The van der Waals surface area contributed by atoms with Crippen LogP contribution in [0.4, 0.5) is 5.69 Å². The summed E-state index contributed by atoms with van der Waals surface area (Å²) in [5.41, 5.74) is 16.0. The molecular formula is C69H69NO2S5. The summed E-state index contributed by atoms with van der Waals surface area (Å²) in [4.78, 5) is 36.4. The van der Waals surface area contributed by atoms with Crippen LogP contribution in [0.3, 0.4) is 0 Å². The molecule has 1 aliphatic heterocycles. The Morgan fingerprint density at radius 1 is 0.584 bits per heavy atom. The van der Waals surface area contributed by atoms with Gasteiger partial charge in [-0.15, -0.1) is 57.1 Å². The van der Waals surface area contributed by atoms with Gasteiger partial charge in [-0.25, -0.2) is 0 Å². The fraction of sp³-hybridized carbons (Fsp3) is 0.333. The van der Waals surface area contributed by atoms with Crippen molar-refractivity contribution in [1.29, 1.82) is 0 Å². The number of allylic oxidation sites excluding steroid dienone is 7. The van der Waals surface area contributed by atoms with Crippen LogP contribution < -0.4 is 4.90 Å². The van der Waals surface area contributed by atoms with Crippen molar-refractivity contribution in [3.8, 4) is 30.6 Å². The number of benzene rings is 3. The van der Waals surface area contributed by atoms with Crippen LogP contribution in [-0.4, -0.2) is 18.6 Å². The van der Waals surface area contributed by atoms with Gasteiger partial charge in [0.05, 0.1) is 20.7 Å². The molecule has 12 rings (SSSR count). The summed E-state index contributed by atoms with van der Waals surface area (Å²) in [6, 6.07) is 41.6. The fourth-order valence-electron chi connectivity index (χ4n) is 13.9. The minimum atomic E-state index is 0.00206. The van der Waals surface area contributed by atoms with Crippen molar-refractivity contribution in [2.24, 2.45) is 5.92 Å². The molecule has 3 aromatic carbocycles. The Labute approximate surface area is 477 Å². The second kappa shape index (κ2) is 22.4. The van der Waals surface area contributed by atoms with Gasteiger partial charge >= 0.3 is 0 Å². The highest BCUT2D eigenvalue weighted by molar-refractivity contribution is 8.08. The summed E-state index contributed by atoms with van der Waals surface area (Å²) >= 11 is 8.83. The number of nitrogens with zero attached hydrogens (tertiary/aromatic N) is 1. The number of aldehydes is 2. The molecule has 4 aromatic heterocycles. The van der Waals surface area contributed by atoms with Gasteiger partial charge < -0.3 is 4.90 Å². The predicted octanol–water partition coefficient (Wildman–Crippen LogP) is 21.2. The Morgan fingerprint density at radius 3 is 2.03 bits per heavy atom. The average molecular weight is 1100 g/mol. The topological polar surface area (TPSA) is 37.4 Å². The molecule has 0 amide bonds. The van der Waals surface area contributed by atoms with E-state index >= 15 is 0 Å². The molecule has 8 heteroatoms. The molecule has 0 saturated carbocycles. The minimum absolute atomic E-state index is 0.00206. The molecule has 4 atom stereocenters. The monoisotopic (exact) mass is 1100 g/mol. The van der Waals surface area contributed by atoms with Crippen LogP contribution in [0.2, 0.25) is 0 Å². The van der Waals surface area contributed by atoms with E-state index in [-0.39, 0.29) is 16.9 Å². The third-order valence-corrected chi connectivity index (χ3v) is 23.8.